The SMILES string of the molecule is Cc1cc(C#N)ccc1CS(=O)(=O)CC1CCCC1. The van der Waals surface area contributed by atoms with Crippen LogP contribution < -0.4 is 0 Å². The highest BCUT2D eigenvalue weighted by Gasteiger charge is 2.23. The molecule has 0 atom stereocenters. The number of aryl methyl sites for hydroxylation is 1. The summed E-state index contributed by atoms with van der Waals surface area (Å²) in [4.78, 5) is 0. The Balaban J connectivity index is 2.09. The Morgan fingerprint density at radius 2 is 2.00 bits per heavy atom. The maximum atomic E-state index is 12.2. The monoisotopic (exact) mass is 277 g/mol. The first-order chi connectivity index (χ1) is 9.00. The second-order valence-corrected chi connectivity index (χ2v) is 7.57. The van der Waals surface area contributed by atoms with E-state index in [1.807, 2.05) is 6.92 Å². The lowest BCUT2D eigenvalue weighted by Crippen LogP contribution is -2.16. The van der Waals surface area contributed by atoms with E-state index in [1.54, 1.807) is 18.2 Å². The van der Waals surface area contributed by atoms with Crippen molar-refractivity contribution in [2.75, 3.05) is 5.75 Å². The van der Waals surface area contributed by atoms with Gasteiger partial charge in [-0.25, -0.2) is 8.42 Å². The zero-order valence-corrected chi connectivity index (χ0v) is 12.0. The first-order valence-electron chi connectivity index (χ1n) is 6.70. The predicted molar refractivity (Wildman–Crippen MR) is 75.3 cm³/mol. The lowest BCUT2D eigenvalue weighted by atomic mass is 10.1. The van der Waals surface area contributed by atoms with E-state index in [9.17, 15) is 8.42 Å². The van der Waals surface area contributed by atoms with Crippen molar-refractivity contribution >= 4 is 9.84 Å². The molecule has 0 N–H and O–H groups in total. The van der Waals surface area contributed by atoms with Crippen LogP contribution in [0.15, 0.2) is 18.2 Å². The largest absolute Gasteiger partial charge is 0.228 e. The van der Waals surface area contributed by atoms with Gasteiger partial charge in [-0.1, -0.05) is 18.9 Å². The topological polar surface area (TPSA) is 57.9 Å². The van der Waals surface area contributed by atoms with Crippen molar-refractivity contribution in [1.82, 2.24) is 0 Å². The molecule has 102 valence electrons. The first kappa shape index (κ1) is 14.1. The van der Waals surface area contributed by atoms with Crippen LogP contribution in [-0.4, -0.2) is 14.2 Å². The molecule has 1 aliphatic rings. The van der Waals surface area contributed by atoms with Crippen molar-refractivity contribution < 1.29 is 8.42 Å². The van der Waals surface area contributed by atoms with Crippen LogP contribution >= 0.6 is 0 Å². The molecule has 1 aromatic rings. The molecule has 0 saturated heterocycles. The number of hydrogen-bond donors (Lipinski definition) is 0. The number of hydrogen-bond acceptors (Lipinski definition) is 3. The first-order valence-corrected chi connectivity index (χ1v) is 8.52. The van der Waals surface area contributed by atoms with Crippen molar-refractivity contribution in [3.63, 3.8) is 0 Å². The van der Waals surface area contributed by atoms with Crippen LogP contribution in [0, 0.1) is 24.2 Å². The fourth-order valence-corrected chi connectivity index (χ4v) is 4.73. The molecule has 2 rings (SSSR count). The molecule has 1 saturated carbocycles. The van der Waals surface area contributed by atoms with Gasteiger partial charge in [-0.15, -0.1) is 0 Å². The van der Waals surface area contributed by atoms with Gasteiger partial charge in [0.05, 0.1) is 23.1 Å². The van der Waals surface area contributed by atoms with E-state index in [2.05, 4.69) is 6.07 Å². The van der Waals surface area contributed by atoms with E-state index in [1.165, 1.54) is 0 Å². The highest BCUT2D eigenvalue weighted by atomic mass is 32.2. The average Bonchev–Trinajstić information content (AvgIpc) is 2.83. The van der Waals surface area contributed by atoms with Crippen LogP contribution in [0.1, 0.15) is 42.4 Å². The van der Waals surface area contributed by atoms with E-state index in [4.69, 9.17) is 5.26 Å². The Kier molecular flexibility index (Phi) is 4.26. The van der Waals surface area contributed by atoms with Gasteiger partial charge in [0.15, 0.2) is 9.84 Å². The summed E-state index contributed by atoms with van der Waals surface area (Å²) in [6.07, 6.45) is 4.42. The van der Waals surface area contributed by atoms with Crippen LogP contribution in [0.25, 0.3) is 0 Å². The van der Waals surface area contributed by atoms with Crippen molar-refractivity contribution in [3.05, 3.63) is 34.9 Å². The minimum absolute atomic E-state index is 0.0983. The van der Waals surface area contributed by atoms with Gasteiger partial charge in [-0.3, -0.25) is 0 Å². The highest BCUT2D eigenvalue weighted by Crippen LogP contribution is 2.27. The second kappa shape index (κ2) is 5.75. The lowest BCUT2D eigenvalue weighted by molar-refractivity contribution is 0.558. The van der Waals surface area contributed by atoms with Gasteiger partial charge in [0, 0.05) is 0 Å². The summed E-state index contributed by atoms with van der Waals surface area (Å²) < 4.78 is 24.4. The smallest absolute Gasteiger partial charge is 0.154 e. The van der Waals surface area contributed by atoms with Gasteiger partial charge in [0.1, 0.15) is 0 Å². The molecule has 0 heterocycles. The third-order valence-corrected chi connectivity index (χ3v) is 5.54. The Bertz CT molecular complexity index is 593. The molecule has 0 spiro atoms. The molecule has 19 heavy (non-hydrogen) atoms. The molecule has 4 heteroatoms. The molecule has 1 aliphatic carbocycles. The highest BCUT2D eigenvalue weighted by molar-refractivity contribution is 7.90. The number of nitrogens with zero attached hydrogens (tertiary/aromatic N) is 1. The average molecular weight is 277 g/mol. The molecule has 0 aromatic heterocycles. The van der Waals surface area contributed by atoms with E-state index < -0.39 is 9.84 Å². The van der Waals surface area contributed by atoms with Gasteiger partial charge in [-0.05, 0) is 48.9 Å². The van der Waals surface area contributed by atoms with Crippen LogP contribution in [0.4, 0.5) is 0 Å². The van der Waals surface area contributed by atoms with Gasteiger partial charge >= 0.3 is 0 Å². The van der Waals surface area contributed by atoms with Crippen molar-refractivity contribution in [3.8, 4) is 6.07 Å². The summed E-state index contributed by atoms with van der Waals surface area (Å²) in [6.45, 7) is 1.86. The molecular formula is C15H19NO2S. The standard InChI is InChI=1S/C15H19NO2S/c1-12-8-14(9-16)6-7-15(12)11-19(17,18)10-13-4-2-3-5-13/h6-8,13H,2-5,10-11H2,1H3. The van der Waals surface area contributed by atoms with E-state index in [-0.39, 0.29) is 5.75 Å². The van der Waals surface area contributed by atoms with E-state index in [0.717, 1.165) is 36.8 Å². The van der Waals surface area contributed by atoms with Crippen molar-refractivity contribution in [1.29, 1.82) is 5.26 Å². The van der Waals surface area contributed by atoms with Crippen LogP contribution in [0.3, 0.4) is 0 Å². The molecule has 0 unspecified atom stereocenters. The van der Waals surface area contributed by atoms with Crippen molar-refractivity contribution in [2.24, 2.45) is 5.92 Å². The quantitative estimate of drug-likeness (QED) is 0.850. The third-order valence-electron chi connectivity index (χ3n) is 3.81. The van der Waals surface area contributed by atoms with Crippen LogP contribution in [0.5, 0.6) is 0 Å². The summed E-state index contributed by atoms with van der Waals surface area (Å²) in [7, 11) is -3.04. The molecule has 1 fully saturated rings. The summed E-state index contributed by atoms with van der Waals surface area (Å²) >= 11 is 0. The van der Waals surface area contributed by atoms with Gasteiger partial charge in [0.25, 0.3) is 0 Å². The van der Waals surface area contributed by atoms with Crippen LogP contribution in [-0.2, 0) is 15.6 Å². The Morgan fingerprint density at radius 3 is 2.58 bits per heavy atom. The fraction of sp³-hybridized carbons (Fsp3) is 0.533. The number of nitriles is 1. The molecular weight excluding hydrogens is 258 g/mol. The van der Waals surface area contributed by atoms with Gasteiger partial charge < -0.3 is 0 Å². The predicted octanol–water partition coefficient (Wildman–Crippen LogP) is 2.97. The van der Waals surface area contributed by atoms with Crippen molar-refractivity contribution in [2.45, 2.75) is 38.4 Å². The Hall–Kier alpha value is -1.34. The minimum atomic E-state index is -3.04. The molecule has 0 aliphatic heterocycles. The zero-order chi connectivity index (χ0) is 13.9. The van der Waals surface area contributed by atoms with Crippen LogP contribution in [0.2, 0.25) is 0 Å². The molecule has 3 nitrogen and oxygen atoms in total. The summed E-state index contributed by atoms with van der Waals surface area (Å²) in [6, 6.07) is 7.27. The fourth-order valence-electron chi connectivity index (χ4n) is 2.76. The number of benzene rings is 1. The van der Waals surface area contributed by atoms with Gasteiger partial charge in [-0.2, -0.15) is 5.26 Å². The number of rotatable bonds is 4. The van der Waals surface area contributed by atoms with E-state index in [0.29, 0.717) is 17.2 Å². The Labute approximate surface area is 115 Å². The maximum absolute atomic E-state index is 12.2. The van der Waals surface area contributed by atoms with Gasteiger partial charge in [0.2, 0.25) is 0 Å². The maximum Gasteiger partial charge on any atom is 0.154 e. The lowest BCUT2D eigenvalue weighted by Gasteiger charge is -2.11. The number of sulfone groups is 1. The summed E-state index contributed by atoms with van der Waals surface area (Å²) in [5, 5.41) is 8.81. The summed E-state index contributed by atoms with van der Waals surface area (Å²) in [5.41, 5.74) is 2.28. The molecule has 1 aromatic carbocycles. The minimum Gasteiger partial charge on any atom is -0.228 e. The normalized spacial score (nSPS) is 16.4. The van der Waals surface area contributed by atoms with E-state index >= 15 is 0 Å². The third kappa shape index (κ3) is 3.81. The zero-order valence-electron chi connectivity index (χ0n) is 11.2. The Morgan fingerprint density at radius 1 is 1.32 bits per heavy atom. The second-order valence-electron chi connectivity index (χ2n) is 5.46. The molecule has 0 amide bonds. The molecule has 0 bridgehead atoms. The summed E-state index contributed by atoms with van der Waals surface area (Å²) in [5.74, 6) is 0.761. The molecule has 0 radical (unpaired) electrons.